The molecule has 1 atom stereocenters. The van der Waals surface area contributed by atoms with Gasteiger partial charge in [0.25, 0.3) is 6.20 Å². The summed E-state index contributed by atoms with van der Waals surface area (Å²) in [6.45, 7) is 0.721. The third-order valence-electron chi connectivity index (χ3n) is 2.54. The summed E-state index contributed by atoms with van der Waals surface area (Å²) in [7, 11) is 0. The second kappa shape index (κ2) is 5.68. The standard InChI is InChI=1S/C11H12ClN3O3/c12-11-4-3-8(6-14-11)18-10-2-1-5-13-9(10)7-15(16)17/h3-4,6-7,10,13H,1-2,5H2. The van der Waals surface area contributed by atoms with E-state index in [1.54, 1.807) is 12.1 Å². The number of nitrogens with zero attached hydrogens (tertiary/aromatic N) is 2. The van der Waals surface area contributed by atoms with Gasteiger partial charge in [-0.25, -0.2) is 4.98 Å². The lowest BCUT2D eigenvalue weighted by atomic mass is 10.1. The number of aromatic nitrogens is 1. The first-order chi connectivity index (χ1) is 8.65. The van der Waals surface area contributed by atoms with Crippen LogP contribution < -0.4 is 10.1 Å². The second-order valence-corrected chi connectivity index (χ2v) is 4.25. The lowest BCUT2D eigenvalue weighted by Crippen LogP contribution is -2.35. The van der Waals surface area contributed by atoms with E-state index in [0.29, 0.717) is 16.6 Å². The normalized spacial score (nSPS) is 21.4. The van der Waals surface area contributed by atoms with Crippen LogP contribution in [0.3, 0.4) is 0 Å². The first-order valence-electron chi connectivity index (χ1n) is 5.52. The minimum Gasteiger partial charge on any atom is -0.482 e. The van der Waals surface area contributed by atoms with E-state index in [0.717, 1.165) is 25.6 Å². The topological polar surface area (TPSA) is 77.3 Å². The SMILES string of the molecule is O=[N+]([O-])C=C1NCCCC1Oc1ccc(Cl)nc1. The summed E-state index contributed by atoms with van der Waals surface area (Å²) < 4.78 is 5.67. The highest BCUT2D eigenvalue weighted by atomic mass is 35.5. The molecule has 1 aliphatic heterocycles. The van der Waals surface area contributed by atoms with Gasteiger partial charge in [-0.3, -0.25) is 10.1 Å². The molecule has 1 aliphatic rings. The predicted molar refractivity (Wildman–Crippen MR) is 66.0 cm³/mol. The molecule has 6 nitrogen and oxygen atoms in total. The van der Waals surface area contributed by atoms with E-state index in [2.05, 4.69) is 10.3 Å². The number of rotatable bonds is 3. The molecule has 0 aromatic carbocycles. The molecule has 0 radical (unpaired) electrons. The first-order valence-corrected chi connectivity index (χ1v) is 5.90. The zero-order valence-electron chi connectivity index (χ0n) is 9.51. The maximum Gasteiger partial charge on any atom is 0.257 e. The van der Waals surface area contributed by atoms with Crippen LogP contribution in [-0.4, -0.2) is 22.6 Å². The molecule has 1 fully saturated rings. The lowest BCUT2D eigenvalue weighted by Gasteiger charge is -2.25. The molecule has 0 saturated carbocycles. The molecule has 96 valence electrons. The van der Waals surface area contributed by atoms with Crippen molar-refractivity contribution in [2.24, 2.45) is 0 Å². The van der Waals surface area contributed by atoms with E-state index in [-0.39, 0.29) is 6.10 Å². The Morgan fingerprint density at radius 1 is 1.61 bits per heavy atom. The third kappa shape index (κ3) is 3.33. The Bertz CT molecular complexity index is 461. The molecule has 0 spiro atoms. The molecule has 1 aromatic heterocycles. The molecular formula is C11H12ClN3O3. The Hall–Kier alpha value is -1.82. The number of ether oxygens (including phenoxy) is 1. The van der Waals surface area contributed by atoms with Crippen LogP contribution in [0.15, 0.2) is 30.2 Å². The van der Waals surface area contributed by atoms with Gasteiger partial charge in [0.15, 0.2) is 0 Å². The summed E-state index contributed by atoms with van der Waals surface area (Å²) in [6, 6.07) is 3.30. The summed E-state index contributed by atoms with van der Waals surface area (Å²) in [5, 5.41) is 13.9. The van der Waals surface area contributed by atoms with Gasteiger partial charge in [0.2, 0.25) is 0 Å². The highest BCUT2D eigenvalue weighted by Gasteiger charge is 2.23. The molecule has 2 heterocycles. The van der Waals surface area contributed by atoms with Crippen LogP contribution in [0.25, 0.3) is 0 Å². The number of nitrogens with one attached hydrogen (secondary N) is 1. The maximum absolute atomic E-state index is 10.5. The fourth-order valence-electron chi connectivity index (χ4n) is 1.75. The van der Waals surface area contributed by atoms with E-state index in [1.807, 2.05) is 0 Å². The third-order valence-corrected chi connectivity index (χ3v) is 2.77. The number of hydrogen-bond donors (Lipinski definition) is 1. The fourth-order valence-corrected chi connectivity index (χ4v) is 1.86. The first kappa shape index (κ1) is 12.6. The molecule has 1 unspecified atom stereocenters. The smallest absolute Gasteiger partial charge is 0.257 e. The van der Waals surface area contributed by atoms with E-state index in [1.165, 1.54) is 6.20 Å². The van der Waals surface area contributed by atoms with E-state index < -0.39 is 4.92 Å². The molecule has 0 amide bonds. The molecular weight excluding hydrogens is 258 g/mol. The molecule has 0 bridgehead atoms. The van der Waals surface area contributed by atoms with Gasteiger partial charge < -0.3 is 10.1 Å². The zero-order valence-corrected chi connectivity index (χ0v) is 10.3. The van der Waals surface area contributed by atoms with Crippen molar-refractivity contribution in [2.75, 3.05) is 6.54 Å². The van der Waals surface area contributed by atoms with Crippen LogP contribution in [-0.2, 0) is 0 Å². The van der Waals surface area contributed by atoms with Gasteiger partial charge in [-0.2, -0.15) is 0 Å². The van der Waals surface area contributed by atoms with Gasteiger partial charge in [0, 0.05) is 6.54 Å². The van der Waals surface area contributed by atoms with Crippen molar-refractivity contribution in [2.45, 2.75) is 18.9 Å². The van der Waals surface area contributed by atoms with Crippen LogP contribution in [0.1, 0.15) is 12.8 Å². The van der Waals surface area contributed by atoms with Crippen LogP contribution >= 0.6 is 11.6 Å². The van der Waals surface area contributed by atoms with Gasteiger partial charge in [0.1, 0.15) is 22.7 Å². The van der Waals surface area contributed by atoms with E-state index in [9.17, 15) is 10.1 Å². The molecule has 18 heavy (non-hydrogen) atoms. The fraction of sp³-hybridized carbons (Fsp3) is 0.364. The average molecular weight is 270 g/mol. The van der Waals surface area contributed by atoms with Gasteiger partial charge in [-0.05, 0) is 25.0 Å². The highest BCUT2D eigenvalue weighted by molar-refractivity contribution is 6.29. The van der Waals surface area contributed by atoms with Gasteiger partial charge in [-0.1, -0.05) is 11.6 Å². The molecule has 0 aliphatic carbocycles. The molecule has 2 rings (SSSR count). The van der Waals surface area contributed by atoms with E-state index in [4.69, 9.17) is 16.3 Å². The van der Waals surface area contributed by atoms with Crippen molar-refractivity contribution in [1.82, 2.24) is 10.3 Å². The van der Waals surface area contributed by atoms with Gasteiger partial charge >= 0.3 is 0 Å². The minimum atomic E-state index is -0.482. The summed E-state index contributed by atoms with van der Waals surface area (Å²) >= 11 is 5.67. The van der Waals surface area contributed by atoms with Gasteiger partial charge in [-0.15, -0.1) is 0 Å². The quantitative estimate of drug-likeness (QED) is 0.516. The highest BCUT2D eigenvalue weighted by Crippen LogP contribution is 2.20. The summed E-state index contributed by atoms with van der Waals surface area (Å²) in [4.78, 5) is 13.9. The number of pyridine rings is 1. The molecule has 7 heteroatoms. The van der Waals surface area contributed by atoms with Crippen molar-refractivity contribution < 1.29 is 9.66 Å². The van der Waals surface area contributed by atoms with Crippen molar-refractivity contribution in [3.8, 4) is 5.75 Å². The summed E-state index contributed by atoms with van der Waals surface area (Å²) in [6.07, 6.45) is 3.75. The second-order valence-electron chi connectivity index (χ2n) is 3.86. The zero-order chi connectivity index (χ0) is 13.0. The lowest BCUT2D eigenvalue weighted by molar-refractivity contribution is -0.404. The predicted octanol–water partition coefficient (Wildman–Crippen LogP) is 1.98. The Labute approximate surface area is 109 Å². The largest absolute Gasteiger partial charge is 0.482 e. The summed E-state index contributed by atoms with van der Waals surface area (Å²) in [5.74, 6) is 0.544. The van der Waals surface area contributed by atoms with Crippen molar-refractivity contribution >= 4 is 11.6 Å². The Balaban J connectivity index is 2.10. The molecule has 1 aromatic rings. The van der Waals surface area contributed by atoms with Crippen LogP contribution in [0.2, 0.25) is 5.15 Å². The van der Waals surface area contributed by atoms with Gasteiger partial charge in [0.05, 0.1) is 11.1 Å². The molecule has 1 saturated heterocycles. The monoisotopic (exact) mass is 269 g/mol. The van der Waals surface area contributed by atoms with Crippen LogP contribution in [0.5, 0.6) is 5.75 Å². The van der Waals surface area contributed by atoms with E-state index >= 15 is 0 Å². The number of halogens is 1. The van der Waals surface area contributed by atoms with Crippen molar-refractivity contribution in [1.29, 1.82) is 0 Å². The average Bonchev–Trinajstić information content (AvgIpc) is 2.34. The van der Waals surface area contributed by atoms with Crippen molar-refractivity contribution in [3.63, 3.8) is 0 Å². The molecule has 1 N–H and O–H groups in total. The number of hydrogen-bond acceptors (Lipinski definition) is 5. The van der Waals surface area contributed by atoms with Crippen LogP contribution in [0.4, 0.5) is 0 Å². The Kier molecular flexibility index (Phi) is 3.99. The Morgan fingerprint density at radius 2 is 2.44 bits per heavy atom. The van der Waals surface area contributed by atoms with Crippen molar-refractivity contribution in [3.05, 3.63) is 45.5 Å². The maximum atomic E-state index is 10.5. The minimum absolute atomic E-state index is 0.341. The number of piperidine rings is 1. The number of nitro groups is 1. The Morgan fingerprint density at radius 3 is 3.11 bits per heavy atom. The summed E-state index contributed by atoms with van der Waals surface area (Å²) in [5.41, 5.74) is 0.487. The van der Waals surface area contributed by atoms with Crippen LogP contribution in [0, 0.1) is 10.1 Å².